The molecule has 5 rings (SSSR count). The minimum atomic E-state index is -0.928. The molecule has 1 aliphatic heterocycles. The number of nitrogens with zero attached hydrogens (tertiary/aromatic N) is 1. The Morgan fingerprint density at radius 1 is 1.00 bits per heavy atom. The quantitative estimate of drug-likeness (QED) is 0.343. The van der Waals surface area contributed by atoms with Crippen LogP contribution in [0.1, 0.15) is 68.6 Å². The van der Waals surface area contributed by atoms with E-state index in [1.807, 2.05) is 25.1 Å². The molecule has 0 aromatic heterocycles. The van der Waals surface area contributed by atoms with Crippen molar-refractivity contribution in [2.24, 2.45) is 5.92 Å². The zero-order valence-corrected chi connectivity index (χ0v) is 22.2. The molecule has 5 heteroatoms. The van der Waals surface area contributed by atoms with E-state index in [1.54, 1.807) is 19.1 Å². The number of likely N-dealkylation sites (tertiary alicyclic amines) is 1. The molecule has 0 saturated carbocycles. The number of aryl methyl sites for hydroxylation is 2. The molecule has 38 heavy (non-hydrogen) atoms. The number of allylic oxidation sites excluding steroid dienone is 1. The smallest absolute Gasteiger partial charge is 0.335 e. The summed E-state index contributed by atoms with van der Waals surface area (Å²) in [4.78, 5) is 14.0. The highest BCUT2D eigenvalue weighted by Crippen LogP contribution is 2.41. The van der Waals surface area contributed by atoms with Crippen molar-refractivity contribution in [2.45, 2.75) is 46.0 Å². The number of fused-ring (bicyclic) bond motifs is 1. The monoisotopic (exact) mass is 515 g/mol. The second-order valence-electron chi connectivity index (χ2n) is 10.8. The topological polar surface area (TPSA) is 40.5 Å². The van der Waals surface area contributed by atoms with E-state index in [4.69, 9.17) is 0 Å². The lowest BCUT2D eigenvalue weighted by atomic mass is 9.85. The minimum Gasteiger partial charge on any atom is -0.478 e. The Balaban J connectivity index is 1.53. The number of rotatable bonds is 8. The summed E-state index contributed by atoms with van der Waals surface area (Å²) in [5.41, 5.74) is 9.06. The Labute approximate surface area is 223 Å². The highest BCUT2D eigenvalue weighted by molar-refractivity contribution is 6.01. The minimum absolute atomic E-state index is 0.170. The van der Waals surface area contributed by atoms with Crippen LogP contribution in [0.4, 0.5) is 8.78 Å². The zero-order chi connectivity index (χ0) is 26.8. The third-order valence-corrected chi connectivity index (χ3v) is 8.11. The van der Waals surface area contributed by atoms with Gasteiger partial charge in [-0.3, -0.25) is 4.39 Å². The molecule has 1 N–H and O–H groups in total. The van der Waals surface area contributed by atoms with Gasteiger partial charge in [0.2, 0.25) is 0 Å². The number of hydrogen-bond donors (Lipinski definition) is 1. The summed E-state index contributed by atoms with van der Waals surface area (Å²) in [6, 6.07) is 17.9. The van der Waals surface area contributed by atoms with Gasteiger partial charge in [0.1, 0.15) is 5.82 Å². The molecule has 0 bridgehead atoms. The van der Waals surface area contributed by atoms with Crippen molar-refractivity contribution in [1.29, 1.82) is 0 Å². The van der Waals surface area contributed by atoms with Gasteiger partial charge in [-0.25, -0.2) is 9.18 Å². The number of carbonyl (C=O) groups is 1. The van der Waals surface area contributed by atoms with Crippen molar-refractivity contribution in [3.63, 3.8) is 0 Å². The number of alkyl halides is 1. The van der Waals surface area contributed by atoms with Crippen LogP contribution in [0.25, 0.3) is 11.1 Å². The number of carboxylic acids is 1. The van der Waals surface area contributed by atoms with Crippen LogP contribution in [-0.4, -0.2) is 42.3 Å². The van der Waals surface area contributed by atoms with Crippen LogP contribution in [0.5, 0.6) is 0 Å². The number of halogens is 2. The first-order chi connectivity index (χ1) is 18.4. The summed E-state index contributed by atoms with van der Waals surface area (Å²) in [5.74, 6) is -0.499. The zero-order valence-electron chi connectivity index (χ0n) is 22.2. The molecule has 0 atom stereocenters. The fourth-order valence-electron chi connectivity index (χ4n) is 6.08. The van der Waals surface area contributed by atoms with Crippen LogP contribution in [0.2, 0.25) is 0 Å². The highest BCUT2D eigenvalue weighted by atomic mass is 19.1. The number of carboxylic acid groups (broad SMARTS) is 1. The lowest BCUT2D eigenvalue weighted by Gasteiger charge is -2.39. The SMILES string of the molecule is Cc1ccc(C2=C(c3ccc(CC4CN(CCCF)C4)cc3)c3ccc(C(=O)O)cc3CCC2)c(C)c1F. The molecule has 3 nitrogen and oxygen atoms in total. The molecule has 1 fully saturated rings. The van der Waals surface area contributed by atoms with Gasteiger partial charge in [0.15, 0.2) is 0 Å². The Kier molecular flexibility index (Phi) is 7.75. The maximum atomic E-state index is 15.0. The van der Waals surface area contributed by atoms with Gasteiger partial charge < -0.3 is 10.0 Å². The second kappa shape index (κ2) is 11.2. The molecular formula is C33H35F2NO2. The molecular weight excluding hydrogens is 480 g/mol. The Bertz CT molecular complexity index is 1370. The number of benzene rings is 3. The second-order valence-corrected chi connectivity index (χ2v) is 10.8. The number of aromatic carboxylic acids is 1. The maximum absolute atomic E-state index is 15.0. The van der Waals surface area contributed by atoms with Crippen molar-refractivity contribution < 1.29 is 18.7 Å². The van der Waals surface area contributed by atoms with Crippen LogP contribution in [0, 0.1) is 25.6 Å². The molecule has 0 amide bonds. The lowest BCUT2D eigenvalue weighted by Crippen LogP contribution is -2.47. The molecule has 0 spiro atoms. The van der Waals surface area contributed by atoms with E-state index < -0.39 is 5.97 Å². The lowest BCUT2D eigenvalue weighted by molar-refractivity contribution is 0.0696. The summed E-state index contributed by atoms with van der Waals surface area (Å²) in [6.45, 7) is 6.27. The predicted molar refractivity (Wildman–Crippen MR) is 149 cm³/mol. The van der Waals surface area contributed by atoms with E-state index in [-0.39, 0.29) is 12.5 Å². The van der Waals surface area contributed by atoms with Crippen LogP contribution in [0.15, 0.2) is 54.6 Å². The molecule has 1 heterocycles. The van der Waals surface area contributed by atoms with Crippen LogP contribution in [0.3, 0.4) is 0 Å². The summed E-state index contributed by atoms with van der Waals surface area (Å²) < 4.78 is 27.5. The molecule has 3 aromatic rings. The Morgan fingerprint density at radius 3 is 2.45 bits per heavy atom. The Hall–Kier alpha value is -3.31. The van der Waals surface area contributed by atoms with Crippen LogP contribution in [-0.2, 0) is 12.8 Å². The van der Waals surface area contributed by atoms with Gasteiger partial charge in [-0.05, 0) is 114 Å². The average Bonchev–Trinajstić information content (AvgIpc) is 3.08. The third-order valence-electron chi connectivity index (χ3n) is 8.11. The summed E-state index contributed by atoms with van der Waals surface area (Å²) in [5, 5.41) is 9.58. The standard InChI is InChI=1S/C33H35F2NO2/c1-21-7-13-28(22(2)32(21)35)30-6-3-5-26-18-27(33(37)38)12-14-29(26)31(30)25-10-8-23(9-11-25)17-24-19-36(20-24)16-4-15-34/h7-14,18,24H,3-6,15-17,19-20H2,1-2H3,(H,37,38). The van der Waals surface area contributed by atoms with E-state index in [0.717, 1.165) is 78.7 Å². The van der Waals surface area contributed by atoms with Crippen LogP contribution >= 0.6 is 0 Å². The molecule has 3 aromatic carbocycles. The summed E-state index contributed by atoms with van der Waals surface area (Å²) >= 11 is 0. The van der Waals surface area contributed by atoms with E-state index in [9.17, 15) is 14.3 Å². The van der Waals surface area contributed by atoms with E-state index >= 15 is 4.39 Å². The summed E-state index contributed by atoms with van der Waals surface area (Å²) in [7, 11) is 0. The van der Waals surface area contributed by atoms with Crippen molar-refractivity contribution in [2.75, 3.05) is 26.3 Å². The molecule has 0 unspecified atom stereocenters. The summed E-state index contributed by atoms with van der Waals surface area (Å²) in [6.07, 6.45) is 4.03. The number of hydrogen-bond acceptors (Lipinski definition) is 2. The predicted octanol–water partition coefficient (Wildman–Crippen LogP) is 7.27. The van der Waals surface area contributed by atoms with E-state index in [1.165, 1.54) is 5.56 Å². The Morgan fingerprint density at radius 2 is 1.74 bits per heavy atom. The van der Waals surface area contributed by atoms with Crippen LogP contribution < -0.4 is 0 Å². The first-order valence-corrected chi connectivity index (χ1v) is 13.6. The average molecular weight is 516 g/mol. The highest BCUT2D eigenvalue weighted by Gasteiger charge is 2.27. The first kappa shape index (κ1) is 26.3. The normalized spacial score (nSPS) is 16.2. The van der Waals surface area contributed by atoms with Gasteiger partial charge in [-0.1, -0.05) is 42.5 Å². The first-order valence-electron chi connectivity index (χ1n) is 13.6. The van der Waals surface area contributed by atoms with Crippen molar-refractivity contribution >= 4 is 17.1 Å². The van der Waals surface area contributed by atoms with Crippen molar-refractivity contribution in [3.05, 3.63) is 105 Å². The molecule has 0 radical (unpaired) electrons. The molecule has 1 aliphatic carbocycles. The fourth-order valence-corrected chi connectivity index (χ4v) is 6.08. The van der Waals surface area contributed by atoms with Gasteiger partial charge in [0.05, 0.1) is 12.2 Å². The van der Waals surface area contributed by atoms with Crippen molar-refractivity contribution in [3.8, 4) is 0 Å². The molecule has 1 saturated heterocycles. The largest absolute Gasteiger partial charge is 0.478 e. The van der Waals surface area contributed by atoms with Gasteiger partial charge in [-0.2, -0.15) is 0 Å². The van der Waals surface area contributed by atoms with E-state index in [0.29, 0.717) is 29.0 Å². The fraction of sp³-hybridized carbons (Fsp3) is 0.364. The van der Waals surface area contributed by atoms with Gasteiger partial charge >= 0.3 is 5.97 Å². The maximum Gasteiger partial charge on any atom is 0.335 e. The molecule has 2 aliphatic rings. The van der Waals surface area contributed by atoms with Gasteiger partial charge in [0, 0.05) is 19.6 Å². The van der Waals surface area contributed by atoms with Crippen molar-refractivity contribution in [1.82, 2.24) is 4.90 Å². The van der Waals surface area contributed by atoms with Gasteiger partial charge in [-0.15, -0.1) is 0 Å². The third kappa shape index (κ3) is 5.30. The van der Waals surface area contributed by atoms with E-state index in [2.05, 4.69) is 29.2 Å². The molecule has 198 valence electrons. The van der Waals surface area contributed by atoms with Gasteiger partial charge in [0.25, 0.3) is 0 Å².